The summed E-state index contributed by atoms with van der Waals surface area (Å²) < 4.78 is 6.87. The number of esters is 1. The molecule has 4 nitrogen and oxygen atoms in total. The van der Waals surface area contributed by atoms with Crippen molar-refractivity contribution in [3.63, 3.8) is 0 Å². The summed E-state index contributed by atoms with van der Waals surface area (Å²) in [5.41, 5.74) is 1.57. The van der Waals surface area contributed by atoms with Gasteiger partial charge in [0.15, 0.2) is 6.10 Å². The molecule has 0 radical (unpaired) electrons. The second-order valence-corrected chi connectivity index (χ2v) is 11.2. The smallest absolute Gasteiger partial charge is 0.315 e. The molecule has 3 aromatic rings. The molecule has 3 aliphatic heterocycles. The average Bonchev–Trinajstić information content (AvgIpc) is 3.39. The zero-order valence-electron chi connectivity index (χ0n) is 18.7. The number of Topliss-reactive ketones (excluding diaryl/α,β-unsaturated/α-hetero) is 1. The van der Waals surface area contributed by atoms with Gasteiger partial charge in [-0.2, -0.15) is 0 Å². The number of rotatable bonds is 7. The molecule has 2 atom stereocenters. The lowest BCUT2D eigenvalue weighted by molar-refractivity contribution is -0.938. The van der Waals surface area contributed by atoms with Crippen molar-refractivity contribution in [1.29, 1.82) is 0 Å². The van der Waals surface area contributed by atoms with E-state index in [1.165, 1.54) is 11.3 Å². The summed E-state index contributed by atoms with van der Waals surface area (Å²) in [7, 11) is 0. The number of thiophene rings is 1. The third kappa shape index (κ3) is 5.49. The number of hydrogen-bond donors (Lipinski definition) is 0. The molecule has 0 spiro atoms. The molecule has 2 unspecified atom stereocenters. The minimum Gasteiger partial charge on any atom is -0.452 e. The van der Waals surface area contributed by atoms with Crippen molar-refractivity contribution >= 4 is 46.3 Å². The molecule has 0 amide bonds. The van der Waals surface area contributed by atoms with Gasteiger partial charge in [-0.15, -0.1) is 11.3 Å². The van der Waals surface area contributed by atoms with Crippen LogP contribution < -0.4 is 0 Å². The number of fused-ring (bicyclic) bond motifs is 3. The van der Waals surface area contributed by atoms with E-state index in [9.17, 15) is 9.59 Å². The van der Waals surface area contributed by atoms with E-state index in [0.717, 1.165) is 41.9 Å². The van der Waals surface area contributed by atoms with Crippen LogP contribution in [0.1, 0.15) is 47.2 Å². The molecule has 2 bridgehead atoms. The highest BCUT2D eigenvalue weighted by Gasteiger charge is 2.50. The van der Waals surface area contributed by atoms with Crippen LogP contribution in [0.25, 0.3) is 0 Å². The van der Waals surface area contributed by atoms with Crippen LogP contribution in [0.5, 0.6) is 0 Å². The van der Waals surface area contributed by atoms with Crippen LogP contribution in [0.3, 0.4) is 0 Å². The fourth-order valence-corrected chi connectivity index (χ4v) is 6.45. The van der Waals surface area contributed by atoms with Gasteiger partial charge in [-0.25, -0.2) is 0 Å². The number of ketones is 1. The normalized spacial score (nSPS) is 23.8. The number of halogens is 2. The standard InChI is InChI=1S/C27H26Cl2NO3S.CH4/c28-20-9-7-19(8-10-20)26(21-4-1-2-5-23(21)29)33-27(32)22-16-30(13-11-18(22)12-14-30)17-24(31)25-6-3-15-34-25;/h1-10,15,18,22,26H,11-14,16-17H2;1H4/q+1;. The SMILES string of the molecule is C.O=C(C[N+]12CCC(CC1)C(C(=O)OC(c1ccc(Cl)cc1)c1ccccc1Cl)C2)c1cccs1. The highest BCUT2D eigenvalue weighted by molar-refractivity contribution is 7.12. The molecule has 1 aromatic heterocycles. The molecule has 0 saturated carbocycles. The Balaban J connectivity index is 0.00000289. The molecular formula is C28H30Cl2NO3S+. The molecule has 0 aliphatic carbocycles. The first-order chi connectivity index (χ1) is 16.4. The maximum Gasteiger partial charge on any atom is 0.315 e. The number of ether oxygens (including phenoxy) is 1. The maximum absolute atomic E-state index is 13.6. The average molecular weight is 532 g/mol. The Morgan fingerprint density at radius 2 is 1.71 bits per heavy atom. The van der Waals surface area contributed by atoms with Gasteiger partial charge in [0, 0.05) is 28.5 Å². The van der Waals surface area contributed by atoms with Gasteiger partial charge in [0.1, 0.15) is 12.5 Å². The molecule has 2 aromatic carbocycles. The van der Waals surface area contributed by atoms with Gasteiger partial charge in [-0.05, 0) is 41.1 Å². The molecular weight excluding hydrogens is 501 g/mol. The van der Waals surface area contributed by atoms with Crippen LogP contribution in [0.4, 0.5) is 0 Å². The third-order valence-corrected chi connectivity index (χ3v) is 8.78. The van der Waals surface area contributed by atoms with Crippen LogP contribution in [0.2, 0.25) is 10.0 Å². The van der Waals surface area contributed by atoms with Crippen molar-refractivity contribution in [2.75, 3.05) is 26.2 Å². The van der Waals surface area contributed by atoms with Crippen LogP contribution in [0, 0.1) is 11.8 Å². The quantitative estimate of drug-likeness (QED) is 0.186. The molecule has 4 heterocycles. The number of hydrogen-bond acceptors (Lipinski definition) is 4. The van der Waals surface area contributed by atoms with Gasteiger partial charge in [-0.1, -0.05) is 67.0 Å². The lowest BCUT2D eigenvalue weighted by Gasteiger charge is -2.51. The third-order valence-electron chi connectivity index (χ3n) is 7.27. The van der Waals surface area contributed by atoms with E-state index in [2.05, 4.69) is 0 Å². The Hall–Kier alpha value is -2.18. The van der Waals surface area contributed by atoms with E-state index < -0.39 is 6.10 Å². The van der Waals surface area contributed by atoms with Gasteiger partial charge in [-0.3, -0.25) is 9.59 Å². The van der Waals surface area contributed by atoms with Gasteiger partial charge in [0.05, 0.1) is 24.5 Å². The van der Waals surface area contributed by atoms with Crippen molar-refractivity contribution in [3.8, 4) is 0 Å². The zero-order valence-corrected chi connectivity index (χ0v) is 21.0. The number of carbonyl (C=O) groups excluding carboxylic acids is 2. The van der Waals surface area contributed by atoms with E-state index in [0.29, 0.717) is 33.5 Å². The minimum absolute atomic E-state index is 0. The Kier molecular flexibility index (Phi) is 8.02. The number of nitrogens with zero attached hydrogens (tertiary/aromatic N) is 1. The highest BCUT2D eigenvalue weighted by Crippen LogP contribution is 2.40. The molecule has 6 rings (SSSR count). The number of benzene rings is 2. The van der Waals surface area contributed by atoms with Gasteiger partial charge >= 0.3 is 5.97 Å². The first-order valence-corrected chi connectivity index (χ1v) is 13.2. The predicted octanol–water partition coefficient (Wildman–Crippen LogP) is 7.06. The summed E-state index contributed by atoms with van der Waals surface area (Å²) in [5, 5.41) is 3.10. The van der Waals surface area contributed by atoms with Crippen LogP contribution in [0.15, 0.2) is 66.0 Å². The summed E-state index contributed by atoms with van der Waals surface area (Å²) in [5.74, 6) is 0.0188. The largest absolute Gasteiger partial charge is 0.452 e. The van der Waals surface area contributed by atoms with Crippen molar-refractivity contribution in [3.05, 3.63) is 92.1 Å². The molecule has 3 aliphatic rings. The zero-order chi connectivity index (χ0) is 23.7. The summed E-state index contributed by atoms with van der Waals surface area (Å²) in [6.07, 6.45) is 1.26. The molecule has 3 saturated heterocycles. The van der Waals surface area contributed by atoms with Gasteiger partial charge in [0.25, 0.3) is 0 Å². The Labute approximate surface area is 221 Å². The lowest BCUT2D eigenvalue weighted by Crippen LogP contribution is -2.64. The number of carbonyl (C=O) groups is 2. The van der Waals surface area contributed by atoms with E-state index in [4.69, 9.17) is 27.9 Å². The predicted molar refractivity (Wildman–Crippen MR) is 142 cm³/mol. The van der Waals surface area contributed by atoms with Gasteiger partial charge < -0.3 is 9.22 Å². The Bertz CT molecular complexity index is 1170. The molecule has 0 N–H and O–H groups in total. The summed E-state index contributed by atoms with van der Waals surface area (Å²) >= 11 is 14.1. The summed E-state index contributed by atoms with van der Waals surface area (Å²) in [4.78, 5) is 27.3. The second kappa shape index (κ2) is 10.8. The monoisotopic (exact) mass is 530 g/mol. The van der Waals surface area contributed by atoms with Crippen LogP contribution in [-0.4, -0.2) is 42.4 Å². The van der Waals surface area contributed by atoms with E-state index in [1.807, 2.05) is 47.8 Å². The first kappa shape index (κ1) is 25.9. The van der Waals surface area contributed by atoms with Crippen molar-refractivity contribution in [2.45, 2.75) is 26.4 Å². The number of piperidine rings is 3. The summed E-state index contributed by atoms with van der Waals surface area (Å²) in [6, 6.07) is 18.6. The lowest BCUT2D eigenvalue weighted by atomic mass is 9.77. The Morgan fingerprint density at radius 1 is 1.00 bits per heavy atom. The fraction of sp³-hybridized carbons (Fsp3) is 0.357. The molecule has 184 valence electrons. The van der Waals surface area contributed by atoms with Crippen molar-refractivity contribution in [2.24, 2.45) is 11.8 Å². The first-order valence-electron chi connectivity index (χ1n) is 11.6. The van der Waals surface area contributed by atoms with Crippen LogP contribution >= 0.6 is 34.5 Å². The van der Waals surface area contributed by atoms with E-state index >= 15 is 0 Å². The second-order valence-electron chi connectivity index (χ2n) is 9.36. The van der Waals surface area contributed by atoms with E-state index in [1.54, 1.807) is 18.2 Å². The van der Waals surface area contributed by atoms with Crippen molar-refractivity contribution in [1.82, 2.24) is 0 Å². The fourth-order valence-electron chi connectivity index (χ4n) is 5.44. The molecule has 3 fully saturated rings. The van der Waals surface area contributed by atoms with Gasteiger partial charge in [0.2, 0.25) is 5.78 Å². The maximum atomic E-state index is 13.6. The van der Waals surface area contributed by atoms with E-state index in [-0.39, 0.29) is 25.1 Å². The Morgan fingerprint density at radius 3 is 2.37 bits per heavy atom. The van der Waals surface area contributed by atoms with Crippen molar-refractivity contribution < 1.29 is 18.8 Å². The minimum atomic E-state index is -0.616. The molecule has 7 heteroatoms. The number of quaternary nitrogens is 1. The highest BCUT2D eigenvalue weighted by atomic mass is 35.5. The van der Waals surface area contributed by atoms with Crippen LogP contribution in [-0.2, 0) is 9.53 Å². The summed E-state index contributed by atoms with van der Waals surface area (Å²) in [6.45, 7) is 2.98. The molecule has 35 heavy (non-hydrogen) atoms. The topological polar surface area (TPSA) is 43.4 Å².